The average Bonchev–Trinajstić information content (AvgIpc) is 2.80. The average molecular weight is 278 g/mol. The summed E-state index contributed by atoms with van der Waals surface area (Å²) in [6, 6.07) is 10.2. The monoisotopic (exact) mass is 278 g/mol. The Balaban J connectivity index is 1.95. The summed E-state index contributed by atoms with van der Waals surface area (Å²) in [7, 11) is 0. The van der Waals surface area contributed by atoms with E-state index in [9.17, 15) is 4.79 Å². The molecule has 2 nitrogen and oxygen atoms in total. The molecule has 94 valence electrons. The third-order valence-corrected chi connectivity index (χ3v) is 4.69. The highest BCUT2D eigenvalue weighted by Gasteiger charge is 2.11. The number of aryl methyl sites for hydroxylation is 1. The molecule has 2 rings (SSSR count). The van der Waals surface area contributed by atoms with E-state index in [1.54, 1.807) is 11.8 Å². The van der Waals surface area contributed by atoms with Crippen LogP contribution < -0.4 is 0 Å². The predicted molar refractivity (Wildman–Crippen MR) is 77.5 cm³/mol. The van der Waals surface area contributed by atoms with E-state index in [4.69, 9.17) is 5.11 Å². The van der Waals surface area contributed by atoms with Crippen molar-refractivity contribution in [2.75, 3.05) is 0 Å². The minimum atomic E-state index is -0.823. The number of benzene rings is 1. The number of carboxylic acid groups (broad SMARTS) is 1. The van der Waals surface area contributed by atoms with Gasteiger partial charge in [0.1, 0.15) is 4.88 Å². The number of aromatic carboxylic acids is 1. The second-order valence-corrected chi connectivity index (χ2v) is 5.90. The molecule has 0 aliphatic heterocycles. The lowest BCUT2D eigenvalue weighted by Gasteiger charge is -2.05. The summed E-state index contributed by atoms with van der Waals surface area (Å²) in [5.74, 6) is 0.845. The number of thioether (sulfide) groups is 1. The maximum absolute atomic E-state index is 11.0. The molecule has 2 aromatic rings. The fourth-order valence-electron chi connectivity index (χ4n) is 1.68. The Hall–Kier alpha value is -1.26. The van der Waals surface area contributed by atoms with Crippen molar-refractivity contribution in [1.29, 1.82) is 0 Å². The van der Waals surface area contributed by atoms with Gasteiger partial charge < -0.3 is 5.11 Å². The van der Waals surface area contributed by atoms with E-state index >= 15 is 0 Å². The largest absolute Gasteiger partial charge is 0.477 e. The fraction of sp³-hybridized carbons (Fsp3) is 0.214. The van der Waals surface area contributed by atoms with E-state index in [1.165, 1.54) is 22.5 Å². The third kappa shape index (κ3) is 3.15. The summed E-state index contributed by atoms with van der Waals surface area (Å²) >= 11 is 3.05. The molecule has 18 heavy (non-hydrogen) atoms. The molecule has 1 aromatic carbocycles. The van der Waals surface area contributed by atoms with E-state index < -0.39 is 5.97 Å². The molecule has 1 heterocycles. The lowest BCUT2D eigenvalue weighted by Crippen LogP contribution is -1.96. The standard InChI is InChI=1S/C14H14O2S2/c1-10-4-2-3-5-11(10)8-17-9-12-6-7-18-13(12)14(15)16/h2-7H,8-9H2,1H3,(H,15,16). The molecule has 0 saturated heterocycles. The first-order valence-corrected chi connectivity index (χ1v) is 7.64. The molecule has 4 heteroatoms. The Morgan fingerprint density at radius 2 is 1.94 bits per heavy atom. The second-order valence-electron chi connectivity index (χ2n) is 4.00. The number of thiophene rings is 1. The lowest BCUT2D eigenvalue weighted by atomic mass is 10.1. The van der Waals surface area contributed by atoms with Gasteiger partial charge in [-0.3, -0.25) is 0 Å². The van der Waals surface area contributed by atoms with E-state index in [2.05, 4.69) is 19.1 Å². The van der Waals surface area contributed by atoms with Crippen molar-refractivity contribution in [2.45, 2.75) is 18.4 Å². The summed E-state index contributed by atoms with van der Waals surface area (Å²) in [4.78, 5) is 11.4. The number of hydrogen-bond acceptors (Lipinski definition) is 3. The van der Waals surface area contributed by atoms with Gasteiger partial charge in [0.05, 0.1) is 0 Å². The summed E-state index contributed by atoms with van der Waals surface area (Å²) in [6.07, 6.45) is 0. The van der Waals surface area contributed by atoms with Crippen LogP contribution >= 0.6 is 23.1 Å². The molecule has 0 aliphatic carbocycles. The molecule has 0 amide bonds. The van der Waals surface area contributed by atoms with Crippen LogP contribution in [0.25, 0.3) is 0 Å². The van der Waals surface area contributed by atoms with Gasteiger partial charge in [-0.15, -0.1) is 11.3 Å². The number of carboxylic acids is 1. The van der Waals surface area contributed by atoms with Crippen molar-refractivity contribution < 1.29 is 9.90 Å². The zero-order chi connectivity index (χ0) is 13.0. The van der Waals surface area contributed by atoms with Gasteiger partial charge >= 0.3 is 5.97 Å². The Kier molecular flexibility index (Phi) is 4.44. The number of hydrogen-bond donors (Lipinski definition) is 1. The molecule has 0 fully saturated rings. The van der Waals surface area contributed by atoms with Crippen LogP contribution in [0.2, 0.25) is 0 Å². The zero-order valence-electron chi connectivity index (χ0n) is 10.1. The van der Waals surface area contributed by atoms with E-state index in [-0.39, 0.29) is 0 Å². The first kappa shape index (κ1) is 13.2. The van der Waals surface area contributed by atoms with Crippen molar-refractivity contribution >= 4 is 29.1 Å². The summed E-state index contributed by atoms with van der Waals surface area (Å²) in [6.45, 7) is 2.10. The van der Waals surface area contributed by atoms with Crippen molar-refractivity contribution in [3.05, 3.63) is 57.3 Å². The normalized spacial score (nSPS) is 10.5. The number of carbonyl (C=O) groups is 1. The van der Waals surface area contributed by atoms with Crippen LogP contribution in [0.3, 0.4) is 0 Å². The van der Waals surface area contributed by atoms with Crippen LogP contribution in [0.1, 0.15) is 26.4 Å². The maximum Gasteiger partial charge on any atom is 0.346 e. The van der Waals surface area contributed by atoms with Gasteiger partial charge in [-0.05, 0) is 35.1 Å². The van der Waals surface area contributed by atoms with E-state index in [0.29, 0.717) is 4.88 Å². The van der Waals surface area contributed by atoms with E-state index in [1.807, 2.05) is 23.6 Å². The minimum absolute atomic E-state index is 0.465. The summed E-state index contributed by atoms with van der Waals surface area (Å²) < 4.78 is 0. The van der Waals surface area contributed by atoms with Crippen molar-refractivity contribution in [3.8, 4) is 0 Å². The molecule has 0 spiro atoms. The molecule has 1 N–H and O–H groups in total. The first-order chi connectivity index (χ1) is 8.68. The molecular formula is C14H14O2S2. The van der Waals surface area contributed by atoms with Gasteiger partial charge in [0.2, 0.25) is 0 Å². The van der Waals surface area contributed by atoms with Gasteiger partial charge in [0.15, 0.2) is 0 Å². The lowest BCUT2D eigenvalue weighted by molar-refractivity contribution is 0.0701. The van der Waals surface area contributed by atoms with Crippen LogP contribution in [0, 0.1) is 6.92 Å². The molecule has 0 saturated carbocycles. The highest BCUT2D eigenvalue weighted by molar-refractivity contribution is 7.97. The van der Waals surface area contributed by atoms with Crippen LogP contribution in [0.15, 0.2) is 35.7 Å². The Labute approximate surface area is 115 Å². The third-order valence-electron chi connectivity index (χ3n) is 2.72. The van der Waals surface area contributed by atoms with Crippen LogP contribution in [-0.4, -0.2) is 11.1 Å². The van der Waals surface area contributed by atoms with Crippen molar-refractivity contribution in [1.82, 2.24) is 0 Å². The summed E-state index contributed by atoms with van der Waals surface area (Å²) in [5.41, 5.74) is 3.52. The van der Waals surface area contributed by atoms with Crippen LogP contribution in [-0.2, 0) is 11.5 Å². The van der Waals surface area contributed by atoms with E-state index in [0.717, 1.165) is 17.1 Å². The highest BCUT2D eigenvalue weighted by atomic mass is 32.2. The molecule has 0 bridgehead atoms. The van der Waals surface area contributed by atoms with Gasteiger partial charge in [0.25, 0.3) is 0 Å². The molecule has 0 aliphatic rings. The van der Waals surface area contributed by atoms with Gasteiger partial charge in [-0.25, -0.2) is 4.79 Å². The smallest absolute Gasteiger partial charge is 0.346 e. The fourth-order valence-corrected chi connectivity index (χ4v) is 3.64. The molecule has 0 unspecified atom stereocenters. The van der Waals surface area contributed by atoms with Crippen molar-refractivity contribution in [2.24, 2.45) is 0 Å². The van der Waals surface area contributed by atoms with Crippen LogP contribution in [0.4, 0.5) is 0 Å². The quantitative estimate of drug-likeness (QED) is 0.891. The van der Waals surface area contributed by atoms with Crippen LogP contribution in [0.5, 0.6) is 0 Å². The molecule has 0 atom stereocenters. The number of rotatable bonds is 5. The maximum atomic E-state index is 11.0. The zero-order valence-corrected chi connectivity index (χ0v) is 11.7. The SMILES string of the molecule is Cc1ccccc1CSCc1ccsc1C(=O)O. The Bertz CT molecular complexity index is 546. The second kappa shape index (κ2) is 6.07. The van der Waals surface area contributed by atoms with Crippen molar-refractivity contribution in [3.63, 3.8) is 0 Å². The van der Waals surface area contributed by atoms with Gasteiger partial charge in [-0.2, -0.15) is 11.8 Å². The van der Waals surface area contributed by atoms with Gasteiger partial charge in [0, 0.05) is 11.5 Å². The minimum Gasteiger partial charge on any atom is -0.477 e. The topological polar surface area (TPSA) is 37.3 Å². The molecular weight excluding hydrogens is 264 g/mol. The molecule has 1 aromatic heterocycles. The van der Waals surface area contributed by atoms with Gasteiger partial charge in [-0.1, -0.05) is 24.3 Å². The first-order valence-electron chi connectivity index (χ1n) is 5.60. The molecule has 0 radical (unpaired) electrons. The highest BCUT2D eigenvalue weighted by Crippen LogP contribution is 2.25. The predicted octanol–water partition coefficient (Wildman–Crippen LogP) is 4.19. The summed E-state index contributed by atoms with van der Waals surface area (Å²) in [5, 5.41) is 10.9. The Morgan fingerprint density at radius 3 is 2.67 bits per heavy atom. The Morgan fingerprint density at radius 1 is 1.22 bits per heavy atom.